The summed E-state index contributed by atoms with van der Waals surface area (Å²) >= 11 is 0. The Morgan fingerprint density at radius 3 is 2.93 bits per heavy atom. The number of rotatable bonds is 3. The highest BCUT2D eigenvalue weighted by Crippen LogP contribution is 2.29. The molecular weight excluding hydrogens is 354 g/mol. The average Bonchev–Trinajstić information content (AvgIpc) is 3.41. The lowest BCUT2D eigenvalue weighted by atomic mass is 10.0. The van der Waals surface area contributed by atoms with Crippen LogP contribution in [0.25, 0.3) is 33.1 Å². The van der Waals surface area contributed by atoms with Crippen LogP contribution in [0.4, 0.5) is 5.69 Å². The van der Waals surface area contributed by atoms with E-state index in [1.807, 2.05) is 50.4 Å². The van der Waals surface area contributed by atoms with Crippen LogP contribution in [-0.4, -0.2) is 25.9 Å². The van der Waals surface area contributed by atoms with Gasteiger partial charge in [-0.2, -0.15) is 10.2 Å². The van der Waals surface area contributed by atoms with Crippen molar-refractivity contribution in [3.8, 4) is 11.3 Å². The number of aromatic amines is 1. The standard InChI is InChI=1S/C21H17N5O2/c1-12-7-19-14(10-22-26(19)2)8-16(12)21(27)23-15-3-4-18-17(9-15)20(25-24-18)13-5-6-28-11-13/h3-11H,1-2H3,(H,23,27)(H,24,25). The molecule has 0 aliphatic heterocycles. The summed E-state index contributed by atoms with van der Waals surface area (Å²) < 4.78 is 6.96. The van der Waals surface area contributed by atoms with Gasteiger partial charge in [0.15, 0.2) is 0 Å². The van der Waals surface area contributed by atoms with Crippen LogP contribution in [0.1, 0.15) is 15.9 Å². The molecule has 0 unspecified atom stereocenters. The monoisotopic (exact) mass is 371 g/mol. The molecule has 0 spiro atoms. The summed E-state index contributed by atoms with van der Waals surface area (Å²) in [4.78, 5) is 12.9. The summed E-state index contributed by atoms with van der Waals surface area (Å²) in [6, 6.07) is 11.4. The molecule has 0 atom stereocenters. The number of fused-ring (bicyclic) bond motifs is 2. The van der Waals surface area contributed by atoms with E-state index in [-0.39, 0.29) is 5.91 Å². The molecule has 0 saturated heterocycles. The van der Waals surface area contributed by atoms with Crippen molar-refractivity contribution in [1.82, 2.24) is 20.0 Å². The fourth-order valence-corrected chi connectivity index (χ4v) is 3.46. The first-order chi connectivity index (χ1) is 13.6. The number of amides is 1. The molecule has 5 rings (SSSR count). The number of nitrogens with one attached hydrogen (secondary N) is 2. The third kappa shape index (κ3) is 2.56. The number of carbonyl (C=O) groups excluding carboxylic acids is 1. The quantitative estimate of drug-likeness (QED) is 0.496. The zero-order valence-electron chi connectivity index (χ0n) is 15.4. The fourth-order valence-electron chi connectivity index (χ4n) is 3.46. The highest BCUT2D eigenvalue weighted by atomic mass is 16.3. The van der Waals surface area contributed by atoms with Gasteiger partial charge in [0.05, 0.1) is 29.8 Å². The third-order valence-electron chi connectivity index (χ3n) is 4.95. The van der Waals surface area contributed by atoms with Crippen LogP contribution in [0.3, 0.4) is 0 Å². The molecule has 3 aromatic heterocycles. The molecule has 0 aliphatic carbocycles. The molecule has 0 fully saturated rings. The molecule has 2 aromatic carbocycles. The SMILES string of the molecule is Cc1cc2c(cnn2C)cc1C(=O)Nc1ccc2[nH]nc(-c3ccoc3)c2c1. The Balaban J connectivity index is 1.50. The molecule has 0 bridgehead atoms. The summed E-state index contributed by atoms with van der Waals surface area (Å²) in [7, 11) is 1.89. The Bertz CT molecular complexity index is 1330. The van der Waals surface area contributed by atoms with Gasteiger partial charge in [0.2, 0.25) is 0 Å². The maximum atomic E-state index is 12.9. The van der Waals surface area contributed by atoms with Gasteiger partial charge in [0, 0.05) is 34.6 Å². The third-order valence-corrected chi connectivity index (χ3v) is 4.95. The second-order valence-electron chi connectivity index (χ2n) is 6.79. The zero-order valence-corrected chi connectivity index (χ0v) is 15.4. The number of carbonyl (C=O) groups is 1. The fraction of sp³-hybridized carbons (Fsp3) is 0.0952. The number of benzene rings is 2. The van der Waals surface area contributed by atoms with Crippen molar-refractivity contribution >= 4 is 33.4 Å². The summed E-state index contributed by atoms with van der Waals surface area (Å²) in [5, 5.41) is 16.5. The van der Waals surface area contributed by atoms with E-state index in [2.05, 4.69) is 20.6 Å². The molecule has 3 heterocycles. The first-order valence-corrected chi connectivity index (χ1v) is 8.84. The minimum atomic E-state index is -0.157. The summed E-state index contributed by atoms with van der Waals surface area (Å²) in [6.07, 6.45) is 5.02. The van der Waals surface area contributed by atoms with Gasteiger partial charge in [-0.25, -0.2) is 0 Å². The van der Waals surface area contributed by atoms with Crippen molar-refractivity contribution in [3.63, 3.8) is 0 Å². The molecule has 2 N–H and O–H groups in total. The molecule has 28 heavy (non-hydrogen) atoms. The number of H-pyrrole nitrogens is 1. The number of aryl methyl sites for hydroxylation is 2. The Labute approximate surface area is 160 Å². The highest BCUT2D eigenvalue weighted by Gasteiger charge is 2.14. The lowest BCUT2D eigenvalue weighted by molar-refractivity contribution is 0.102. The van der Waals surface area contributed by atoms with Gasteiger partial charge in [0.25, 0.3) is 5.91 Å². The van der Waals surface area contributed by atoms with E-state index in [1.54, 1.807) is 23.4 Å². The molecule has 0 radical (unpaired) electrons. The van der Waals surface area contributed by atoms with Gasteiger partial charge >= 0.3 is 0 Å². The summed E-state index contributed by atoms with van der Waals surface area (Å²) in [5.41, 5.74) is 5.79. The first-order valence-electron chi connectivity index (χ1n) is 8.84. The predicted octanol–water partition coefficient (Wildman–Crippen LogP) is 4.27. The van der Waals surface area contributed by atoms with E-state index in [0.717, 1.165) is 38.6 Å². The molecular formula is C21H17N5O2. The Morgan fingerprint density at radius 2 is 2.11 bits per heavy atom. The van der Waals surface area contributed by atoms with Gasteiger partial charge in [0.1, 0.15) is 5.69 Å². The number of hydrogen-bond acceptors (Lipinski definition) is 4. The van der Waals surface area contributed by atoms with E-state index < -0.39 is 0 Å². The van der Waals surface area contributed by atoms with Gasteiger partial charge in [-0.1, -0.05) is 0 Å². The lowest BCUT2D eigenvalue weighted by Gasteiger charge is -2.09. The van der Waals surface area contributed by atoms with Gasteiger partial charge in [-0.3, -0.25) is 14.6 Å². The Kier molecular flexibility index (Phi) is 3.55. The molecule has 0 saturated carbocycles. The second-order valence-corrected chi connectivity index (χ2v) is 6.79. The normalized spacial score (nSPS) is 11.4. The minimum absolute atomic E-state index is 0.157. The highest BCUT2D eigenvalue weighted by molar-refractivity contribution is 6.08. The number of aromatic nitrogens is 4. The Morgan fingerprint density at radius 1 is 1.21 bits per heavy atom. The molecule has 5 aromatic rings. The maximum Gasteiger partial charge on any atom is 0.255 e. The van der Waals surface area contributed by atoms with Crippen LogP contribution in [0.5, 0.6) is 0 Å². The van der Waals surface area contributed by atoms with Gasteiger partial charge in [-0.15, -0.1) is 0 Å². The van der Waals surface area contributed by atoms with Crippen LogP contribution in [0.2, 0.25) is 0 Å². The number of anilines is 1. The summed E-state index contributed by atoms with van der Waals surface area (Å²) in [5.74, 6) is -0.157. The minimum Gasteiger partial charge on any atom is -0.472 e. The van der Waals surface area contributed by atoms with Crippen molar-refractivity contribution in [2.45, 2.75) is 6.92 Å². The smallest absolute Gasteiger partial charge is 0.255 e. The maximum absolute atomic E-state index is 12.9. The van der Waals surface area contributed by atoms with E-state index in [1.165, 1.54) is 0 Å². The van der Waals surface area contributed by atoms with Gasteiger partial charge < -0.3 is 9.73 Å². The van der Waals surface area contributed by atoms with Crippen molar-refractivity contribution in [1.29, 1.82) is 0 Å². The molecule has 138 valence electrons. The largest absolute Gasteiger partial charge is 0.472 e. The molecule has 1 amide bonds. The van der Waals surface area contributed by atoms with Gasteiger partial charge in [-0.05, 0) is 48.9 Å². The van der Waals surface area contributed by atoms with Crippen molar-refractivity contribution in [2.75, 3.05) is 5.32 Å². The van der Waals surface area contributed by atoms with Crippen LogP contribution in [0.15, 0.2) is 59.5 Å². The van der Waals surface area contributed by atoms with Crippen molar-refractivity contribution in [3.05, 3.63) is 66.2 Å². The first kappa shape index (κ1) is 16.3. The van der Waals surface area contributed by atoms with Crippen LogP contribution >= 0.6 is 0 Å². The van der Waals surface area contributed by atoms with Crippen molar-refractivity contribution < 1.29 is 9.21 Å². The number of furan rings is 1. The van der Waals surface area contributed by atoms with E-state index >= 15 is 0 Å². The van der Waals surface area contributed by atoms with E-state index in [9.17, 15) is 4.79 Å². The van der Waals surface area contributed by atoms with Crippen LogP contribution in [-0.2, 0) is 7.05 Å². The number of hydrogen-bond donors (Lipinski definition) is 2. The predicted molar refractivity (Wildman–Crippen MR) is 107 cm³/mol. The van der Waals surface area contributed by atoms with E-state index in [4.69, 9.17) is 4.42 Å². The second kappa shape index (κ2) is 6.09. The van der Waals surface area contributed by atoms with Crippen LogP contribution in [0, 0.1) is 6.92 Å². The Hall–Kier alpha value is -3.87. The lowest BCUT2D eigenvalue weighted by Crippen LogP contribution is -2.13. The average molecular weight is 371 g/mol. The zero-order chi connectivity index (χ0) is 19.3. The van der Waals surface area contributed by atoms with Crippen LogP contribution < -0.4 is 5.32 Å². The number of nitrogens with zero attached hydrogens (tertiary/aromatic N) is 3. The van der Waals surface area contributed by atoms with E-state index in [0.29, 0.717) is 11.3 Å². The van der Waals surface area contributed by atoms with Crippen molar-refractivity contribution in [2.24, 2.45) is 7.05 Å². The molecule has 7 heteroatoms. The molecule has 0 aliphatic rings. The summed E-state index contributed by atoms with van der Waals surface area (Å²) in [6.45, 7) is 1.93. The molecule has 7 nitrogen and oxygen atoms in total. The topological polar surface area (TPSA) is 88.7 Å².